The summed E-state index contributed by atoms with van der Waals surface area (Å²) in [6.07, 6.45) is 2.80. The summed E-state index contributed by atoms with van der Waals surface area (Å²) in [5.41, 5.74) is 3.25. The molecule has 2 rings (SSSR count). The van der Waals surface area contributed by atoms with E-state index in [4.69, 9.17) is 0 Å². The van der Waals surface area contributed by atoms with Crippen molar-refractivity contribution in [2.75, 3.05) is 25.0 Å². The minimum atomic E-state index is -0.183. The molecule has 3 nitrogen and oxygen atoms in total. The van der Waals surface area contributed by atoms with Gasteiger partial charge in [0.15, 0.2) is 0 Å². The molecule has 1 aliphatic rings. The lowest BCUT2D eigenvalue weighted by Gasteiger charge is -2.38. The van der Waals surface area contributed by atoms with E-state index < -0.39 is 0 Å². The zero-order chi connectivity index (χ0) is 14.8. The number of piperidine rings is 1. The number of aryl methyl sites for hydroxylation is 2. The molecule has 1 saturated heterocycles. The zero-order valence-electron chi connectivity index (χ0n) is 13.1. The number of carbonyl (C=O) groups excluding carboxylic acids is 1. The summed E-state index contributed by atoms with van der Waals surface area (Å²) in [6.45, 7) is 8.19. The first-order valence-corrected chi connectivity index (χ1v) is 7.56. The van der Waals surface area contributed by atoms with Gasteiger partial charge in [-0.2, -0.15) is 0 Å². The number of anilines is 1. The van der Waals surface area contributed by atoms with Gasteiger partial charge in [-0.1, -0.05) is 24.6 Å². The van der Waals surface area contributed by atoms with E-state index >= 15 is 0 Å². The summed E-state index contributed by atoms with van der Waals surface area (Å²) >= 11 is 0. The molecule has 0 aromatic heterocycles. The van der Waals surface area contributed by atoms with Crippen molar-refractivity contribution in [2.24, 2.45) is 5.41 Å². The Morgan fingerprint density at radius 2 is 1.95 bits per heavy atom. The van der Waals surface area contributed by atoms with E-state index in [-0.39, 0.29) is 11.3 Å². The fourth-order valence-corrected chi connectivity index (χ4v) is 3.27. The van der Waals surface area contributed by atoms with E-state index in [1.165, 1.54) is 11.1 Å². The van der Waals surface area contributed by atoms with Crippen molar-refractivity contribution in [3.8, 4) is 0 Å². The minimum absolute atomic E-state index is 0.183. The smallest absolute Gasteiger partial charge is 0.233 e. The molecule has 0 spiro atoms. The van der Waals surface area contributed by atoms with Crippen molar-refractivity contribution < 1.29 is 4.79 Å². The Kier molecular flexibility index (Phi) is 4.48. The predicted molar refractivity (Wildman–Crippen MR) is 84.2 cm³/mol. The highest BCUT2D eigenvalue weighted by Gasteiger charge is 2.40. The second-order valence-electron chi connectivity index (χ2n) is 6.04. The predicted octanol–water partition coefficient (Wildman–Crippen LogP) is 3.05. The molecule has 1 N–H and O–H groups in total. The van der Waals surface area contributed by atoms with Crippen molar-refractivity contribution in [2.45, 2.75) is 40.0 Å². The van der Waals surface area contributed by atoms with Crippen molar-refractivity contribution in [1.29, 1.82) is 0 Å². The lowest BCUT2D eigenvalue weighted by molar-refractivity contribution is -0.129. The maximum absolute atomic E-state index is 13.0. The summed E-state index contributed by atoms with van der Waals surface area (Å²) in [6, 6.07) is 6.28. The number of amides is 1. The second kappa shape index (κ2) is 5.96. The third-order valence-corrected chi connectivity index (χ3v) is 4.71. The summed E-state index contributed by atoms with van der Waals surface area (Å²) < 4.78 is 0. The largest absolute Gasteiger partial charge is 0.317 e. The van der Waals surface area contributed by atoms with E-state index in [0.29, 0.717) is 0 Å². The summed E-state index contributed by atoms with van der Waals surface area (Å²) in [5.74, 6) is 0.272. The van der Waals surface area contributed by atoms with Crippen LogP contribution >= 0.6 is 0 Å². The van der Waals surface area contributed by atoms with Crippen LogP contribution in [-0.4, -0.2) is 26.0 Å². The molecule has 0 saturated carbocycles. The molecule has 3 heteroatoms. The molecular formula is C17H26N2O. The first kappa shape index (κ1) is 15.0. The van der Waals surface area contributed by atoms with Crippen LogP contribution in [0.2, 0.25) is 0 Å². The van der Waals surface area contributed by atoms with Gasteiger partial charge in [0.25, 0.3) is 0 Å². The quantitative estimate of drug-likeness (QED) is 0.919. The van der Waals surface area contributed by atoms with Crippen LogP contribution in [-0.2, 0) is 4.79 Å². The fraction of sp³-hybridized carbons (Fsp3) is 0.588. The molecule has 1 aromatic carbocycles. The Labute approximate surface area is 122 Å². The zero-order valence-corrected chi connectivity index (χ0v) is 13.1. The topological polar surface area (TPSA) is 32.3 Å². The van der Waals surface area contributed by atoms with E-state index in [2.05, 4.69) is 44.3 Å². The van der Waals surface area contributed by atoms with Crippen LogP contribution < -0.4 is 10.2 Å². The molecule has 1 fully saturated rings. The maximum Gasteiger partial charge on any atom is 0.233 e. The summed E-state index contributed by atoms with van der Waals surface area (Å²) in [5, 5.41) is 3.36. The van der Waals surface area contributed by atoms with Crippen LogP contribution in [0.25, 0.3) is 0 Å². The van der Waals surface area contributed by atoms with Crippen LogP contribution in [0.3, 0.4) is 0 Å². The third kappa shape index (κ3) is 2.73. The lowest BCUT2D eigenvalue weighted by Crippen LogP contribution is -2.48. The highest BCUT2D eigenvalue weighted by molar-refractivity contribution is 5.97. The molecule has 0 aliphatic carbocycles. The molecule has 0 radical (unpaired) electrons. The lowest BCUT2D eigenvalue weighted by atomic mass is 9.75. The Balaban J connectivity index is 2.27. The molecule has 1 amide bonds. The third-order valence-electron chi connectivity index (χ3n) is 4.71. The van der Waals surface area contributed by atoms with E-state index in [0.717, 1.165) is 38.0 Å². The van der Waals surface area contributed by atoms with Gasteiger partial charge in [-0.15, -0.1) is 0 Å². The van der Waals surface area contributed by atoms with Gasteiger partial charge < -0.3 is 10.2 Å². The Bertz CT molecular complexity index is 490. The molecule has 0 bridgehead atoms. The normalized spacial score (nSPS) is 17.8. The molecule has 0 atom stereocenters. The van der Waals surface area contributed by atoms with Crippen LogP contribution in [0.5, 0.6) is 0 Å². The van der Waals surface area contributed by atoms with Gasteiger partial charge in [0.05, 0.1) is 5.41 Å². The van der Waals surface area contributed by atoms with Gasteiger partial charge in [0.2, 0.25) is 5.91 Å². The Morgan fingerprint density at radius 3 is 2.50 bits per heavy atom. The van der Waals surface area contributed by atoms with Crippen LogP contribution in [0.1, 0.15) is 37.3 Å². The fourth-order valence-electron chi connectivity index (χ4n) is 3.27. The van der Waals surface area contributed by atoms with Gasteiger partial charge >= 0.3 is 0 Å². The van der Waals surface area contributed by atoms with Crippen molar-refractivity contribution >= 4 is 11.6 Å². The number of rotatable bonds is 3. The molecule has 110 valence electrons. The second-order valence-corrected chi connectivity index (χ2v) is 6.04. The SMILES string of the molecule is CCC1(C(=O)N(C)c2ccc(C)cc2C)CCNCC1. The number of hydrogen-bond donors (Lipinski definition) is 1. The number of hydrogen-bond acceptors (Lipinski definition) is 2. The number of nitrogens with one attached hydrogen (secondary N) is 1. The van der Waals surface area contributed by atoms with Gasteiger partial charge in [-0.25, -0.2) is 0 Å². The molecule has 1 aromatic rings. The molecule has 1 heterocycles. The average Bonchev–Trinajstić information content (AvgIpc) is 2.46. The number of nitrogens with zero attached hydrogens (tertiary/aromatic N) is 1. The standard InChI is InChI=1S/C17H26N2O/c1-5-17(8-10-18-11-9-17)16(20)19(4)15-7-6-13(2)12-14(15)3/h6-7,12,18H,5,8-11H2,1-4H3. The van der Waals surface area contributed by atoms with Gasteiger partial charge in [-0.3, -0.25) is 4.79 Å². The Hall–Kier alpha value is -1.35. The minimum Gasteiger partial charge on any atom is -0.317 e. The van der Waals surface area contributed by atoms with Crippen molar-refractivity contribution in [1.82, 2.24) is 5.32 Å². The highest BCUT2D eigenvalue weighted by Crippen LogP contribution is 2.36. The van der Waals surface area contributed by atoms with Gasteiger partial charge in [-0.05, 0) is 57.8 Å². The van der Waals surface area contributed by atoms with Crippen molar-refractivity contribution in [3.05, 3.63) is 29.3 Å². The van der Waals surface area contributed by atoms with Crippen LogP contribution in [0.15, 0.2) is 18.2 Å². The van der Waals surface area contributed by atoms with Crippen LogP contribution in [0.4, 0.5) is 5.69 Å². The first-order chi connectivity index (χ1) is 9.50. The molecular weight excluding hydrogens is 248 g/mol. The van der Waals surface area contributed by atoms with Gasteiger partial charge in [0, 0.05) is 12.7 Å². The first-order valence-electron chi connectivity index (χ1n) is 7.56. The average molecular weight is 274 g/mol. The molecule has 0 unspecified atom stereocenters. The summed E-state index contributed by atoms with van der Waals surface area (Å²) in [4.78, 5) is 14.9. The van der Waals surface area contributed by atoms with Crippen LogP contribution in [0, 0.1) is 19.3 Å². The highest BCUT2D eigenvalue weighted by atomic mass is 16.2. The molecule has 1 aliphatic heterocycles. The van der Waals surface area contributed by atoms with E-state index in [9.17, 15) is 4.79 Å². The number of benzene rings is 1. The number of carbonyl (C=O) groups is 1. The van der Waals surface area contributed by atoms with E-state index in [1.807, 2.05) is 11.9 Å². The van der Waals surface area contributed by atoms with E-state index in [1.54, 1.807) is 0 Å². The monoisotopic (exact) mass is 274 g/mol. The van der Waals surface area contributed by atoms with Gasteiger partial charge in [0.1, 0.15) is 0 Å². The Morgan fingerprint density at radius 1 is 1.30 bits per heavy atom. The van der Waals surface area contributed by atoms with Crippen molar-refractivity contribution in [3.63, 3.8) is 0 Å². The summed E-state index contributed by atoms with van der Waals surface area (Å²) in [7, 11) is 1.92. The maximum atomic E-state index is 13.0. The molecule has 20 heavy (non-hydrogen) atoms.